The number of rotatable bonds is 9. The van der Waals surface area contributed by atoms with Crippen LogP contribution in [0.5, 0.6) is 0 Å². The van der Waals surface area contributed by atoms with Gasteiger partial charge in [0.2, 0.25) is 0 Å². The summed E-state index contributed by atoms with van der Waals surface area (Å²) >= 11 is 0. The second-order valence-electron chi connectivity index (χ2n) is 10.7. The molecule has 0 spiro atoms. The number of aromatic nitrogens is 4. The maximum Gasteiger partial charge on any atom is 0.319 e. The number of anilines is 2. The van der Waals surface area contributed by atoms with Crippen LogP contribution in [0.15, 0.2) is 36.9 Å². The summed E-state index contributed by atoms with van der Waals surface area (Å²) in [6, 6.07) is 7.60. The van der Waals surface area contributed by atoms with Crippen molar-refractivity contribution >= 4 is 28.7 Å². The van der Waals surface area contributed by atoms with E-state index in [9.17, 15) is 15.0 Å². The first-order valence-corrected chi connectivity index (χ1v) is 12.9. The van der Waals surface area contributed by atoms with Gasteiger partial charge in [-0.15, -0.1) is 0 Å². The highest BCUT2D eigenvalue weighted by Crippen LogP contribution is 2.33. The second-order valence-corrected chi connectivity index (χ2v) is 10.7. The van der Waals surface area contributed by atoms with Crippen LogP contribution in [-0.4, -0.2) is 85.7 Å². The summed E-state index contributed by atoms with van der Waals surface area (Å²) in [6.07, 6.45) is 1.55. The van der Waals surface area contributed by atoms with Crippen molar-refractivity contribution in [3.63, 3.8) is 0 Å². The van der Waals surface area contributed by atoms with Crippen molar-refractivity contribution in [3.05, 3.63) is 42.5 Å². The molecule has 2 amide bonds. The van der Waals surface area contributed by atoms with Gasteiger partial charge < -0.3 is 36.2 Å². The molecule has 0 saturated carbocycles. The molecule has 1 fully saturated rings. The zero-order valence-electron chi connectivity index (χ0n) is 22.4. The number of hydrogen-bond acceptors (Lipinski definition) is 9. The molecule has 38 heavy (non-hydrogen) atoms. The molecule has 0 radical (unpaired) electrons. The molecule has 3 heterocycles. The molecule has 3 unspecified atom stereocenters. The Balaban J connectivity index is 1.25. The Labute approximate surface area is 222 Å². The summed E-state index contributed by atoms with van der Waals surface area (Å²) < 4.78 is 7.20. The van der Waals surface area contributed by atoms with E-state index in [0.717, 1.165) is 12.2 Å². The lowest BCUT2D eigenvalue weighted by Crippen LogP contribution is -2.48. The number of fused-ring (bicyclic) bond motifs is 1. The number of benzene rings is 1. The second kappa shape index (κ2) is 11.2. The number of amides is 2. The number of aliphatic hydroxyl groups is 2. The van der Waals surface area contributed by atoms with Gasteiger partial charge in [0.1, 0.15) is 24.1 Å². The Bertz CT molecular complexity index is 1240. The minimum absolute atomic E-state index is 0.0571. The Kier molecular flexibility index (Phi) is 8.16. The molecule has 2 aromatic heterocycles. The fraction of sp³-hybridized carbons (Fsp3) is 0.538. The minimum atomic E-state index is -1.73. The van der Waals surface area contributed by atoms with Gasteiger partial charge in [0.05, 0.1) is 12.9 Å². The molecular formula is C26H38N8O4. The number of carbonyl (C=O) groups excluding carboxylic acids is 1. The van der Waals surface area contributed by atoms with Crippen LogP contribution in [0.2, 0.25) is 0 Å². The Hall–Kier alpha value is -3.32. The van der Waals surface area contributed by atoms with Crippen molar-refractivity contribution in [2.45, 2.75) is 57.5 Å². The molecule has 1 aliphatic heterocycles. The fourth-order valence-electron chi connectivity index (χ4n) is 4.57. The van der Waals surface area contributed by atoms with Gasteiger partial charge in [-0.25, -0.2) is 19.7 Å². The molecule has 0 aliphatic carbocycles. The van der Waals surface area contributed by atoms with Crippen LogP contribution in [0.4, 0.5) is 16.3 Å². The number of hydrogen-bond donors (Lipinski definition) is 5. The van der Waals surface area contributed by atoms with E-state index in [1.54, 1.807) is 0 Å². The summed E-state index contributed by atoms with van der Waals surface area (Å²) in [4.78, 5) is 26.7. The Morgan fingerprint density at radius 2 is 2.00 bits per heavy atom. The summed E-state index contributed by atoms with van der Waals surface area (Å²) in [7, 11) is 0. The van der Waals surface area contributed by atoms with Gasteiger partial charge in [-0.05, 0) is 42.6 Å². The molecule has 1 aliphatic rings. The standard InChI is InChI=1S/C26H38N8O4/c1-5-33(12-6-11-28-24(36)32-18-9-7-17(8-10-18)25(2,3)4)13-19-21(35)26(37,14-38-19)34-16-31-20-22(27)29-15-30-23(20)34/h7-10,15-16,19,21,35,37H,5-6,11-14H2,1-4H3,(H2,27,29,30)(H2,28,32,36). The van der Waals surface area contributed by atoms with Gasteiger partial charge in [0.25, 0.3) is 0 Å². The van der Waals surface area contributed by atoms with Crippen LogP contribution < -0.4 is 16.4 Å². The highest BCUT2D eigenvalue weighted by molar-refractivity contribution is 5.89. The van der Waals surface area contributed by atoms with E-state index in [0.29, 0.717) is 37.2 Å². The monoisotopic (exact) mass is 526 g/mol. The number of likely N-dealkylation sites (N-methyl/N-ethyl adjacent to an activating group) is 1. The molecule has 12 nitrogen and oxygen atoms in total. The van der Waals surface area contributed by atoms with Crippen LogP contribution >= 0.6 is 0 Å². The molecule has 1 saturated heterocycles. The zero-order chi connectivity index (χ0) is 27.5. The van der Waals surface area contributed by atoms with Gasteiger partial charge in [0, 0.05) is 18.8 Å². The van der Waals surface area contributed by atoms with Gasteiger partial charge in [0.15, 0.2) is 17.2 Å². The number of aliphatic hydroxyl groups excluding tert-OH is 1. The van der Waals surface area contributed by atoms with Gasteiger partial charge in [-0.2, -0.15) is 0 Å². The Morgan fingerprint density at radius 3 is 2.68 bits per heavy atom. The number of nitrogens with one attached hydrogen (secondary N) is 2. The Morgan fingerprint density at radius 1 is 1.26 bits per heavy atom. The molecule has 6 N–H and O–H groups in total. The van der Waals surface area contributed by atoms with Gasteiger partial charge >= 0.3 is 6.03 Å². The summed E-state index contributed by atoms with van der Waals surface area (Å²) in [5.41, 5.74) is 6.80. The van der Waals surface area contributed by atoms with Crippen molar-refractivity contribution in [2.75, 3.05) is 43.8 Å². The van der Waals surface area contributed by atoms with Crippen molar-refractivity contribution in [3.8, 4) is 0 Å². The van der Waals surface area contributed by atoms with E-state index in [2.05, 4.69) is 51.3 Å². The molecule has 0 bridgehead atoms. The number of urea groups is 1. The first kappa shape index (κ1) is 27.7. The topological polar surface area (TPSA) is 164 Å². The van der Waals surface area contributed by atoms with Crippen molar-refractivity contribution in [2.24, 2.45) is 0 Å². The highest BCUT2D eigenvalue weighted by Gasteiger charge is 2.50. The average molecular weight is 527 g/mol. The van der Waals surface area contributed by atoms with Crippen LogP contribution in [0.1, 0.15) is 39.7 Å². The molecule has 3 aromatic rings. The summed E-state index contributed by atoms with van der Waals surface area (Å²) in [6.45, 7) is 10.6. The van der Waals surface area contributed by atoms with Crippen molar-refractivity contribution in [1.29, 1.82) is 0 Å². The lowest BCUT2D eigenvalue weighted by atomic mass is 9.87. The van der Waals surface area contributed by atoms with Gasteiger partial charge in [-0.3, -0.25) is 4.57 Å². The fourth-order valence-corrected chi connectivity index (χ4v) is 4.57. The molecule has 1 aromatic carbocycles. The number of ether oxygens (including phenoxy) is 1. The zero-order valence-corrected chi connectivity index (χ0v) is 22.4. The van der Waals surface area contributed by atoms with Crippen molar-refractivity contribution in [1.82, 2.24) is 29.7 Å². The van der Waals surface area contributed by atoms with Crippen molar-refractivity contribution < 1.29 is 19.7 Å². The predicted molar refractivity (Wildman–Crippen MR) is 145 cm³/mol. The van der Waals surface area contributed by atoms with E-state index in [4.69, 9.17) is 10.5 Å². The molecular weight excluding hydrogens is 488 g/mol. The first-order valence-electron chi connectivity index (χ1n) is 12.9. The third-order valence-electron chi connectivity index (χ3n) is 6.95. The van der Waals surface area contributed by atoms with E-state index in [1.807, 2.05) is 31.2 Å². The van der Waals surface area contributed by atoms with E-state index >= 15 is 0 Å². The number of imidazole rings is 1. The number of nitrogen functional groups attached to an aromatic ring is 1. The highest BCUT2D eigenvalue weighted by atomic mass is 16.5. The van der Waals surface area contributed by atoms with Gasteiger partial charge in [-0.1, -0.05) is 39.8 Å². The quantitative estimate of drug-likeness (QED) is 0.261. The number of nitrogens with zero attached hydrogens (tertiary/aromatic N) is 5. The van der Waals surface area contributed by atoms with Crippen LogP contribution in [0.3, 0.4) is 0 Å². The minimum Gasteiger partial charge on any atom is -0.385 e. The third kappa shape index (κ3) is 5.88. The van der Waals surface area contributed by atoms with Crippen LogP contribution in [0.25, 0.3) is 11.2 Å². The lowest BCUT2D eigenvalue weighted by Gasteiger charge is -2.30. The normalized spacial score (nSPS) is 21.8. The number of carbonyl (C=O) groups is 1. The SMILES string of the molecule is CCN(CCCNC(=O)Nc1ccc(C(C)(C)C)cc1)CC1OCC(O)(n2cnc3c(N)ncnc32)C1O. The average Bonchev–Trinajstić information content (AvgIpc) is 3.44. The predicted octanol–water partition coefficient (Wildman–Crippen LogP) is 1.64. The third-order valence-corrected chi connectivity index (χ3v) is 6.95. The molecule has 12 heteroatoms. The molecule has 4 rings (SSSR count). The molecule has 3 atom stereocenters. The summed E-state index contributed by atoms with van der Waals surface area (Å²) in [5, 5.41) is 28.0. The largest absolute Gasteiger partial charge is 0.385 e. The summed E-state index contributed by atoms with van der Waals surface area (Å²) in [5.74, 6) is 0.195. The van der Waals surface area contributed by atoms with E-state index < -0.39 is 17.9 Å². The maximum absolute atomic E-state index is 12.3. The molecule has 206 valence electrons. The lowest BCUT2D eigenvalue weighted by molar-refractivity contribution is -0.109. The van der Waals surface area contributed by atoms with E-state index in [-0.39, 0.29) is 23.9 Å². The first-order chi connectivity index (χ1) is 18.0. The number of nitrogens with two attached hydrogens (primary N) is 1. The smallest absolute Gasteiger partial charge is 0.319 e. The van der Waals surface area contributed by atoms with E-state index in [1.165, 1.54) is 22.8 Å². The van der Waals surface area contributed by atoms with Crippen LogP contribution in [0, 0.1) is 0 Å². The van der Waals surface area contributed by atoms with Crippen LogP contribution in [-0.2, 0) is 15.9 Å². The maximum atomic E-state index is 12.3.